The number of nitrogens with zero attached hydrogens (tertiary/aromatic N) is 4. The normalized spacial score (nSPS) is 13.9. The van der Waals surface area contributed by atoms with Crippen molar-refractivity contribution in [1.29, 1.82) is 0 Å². The number of phenols is 1. The fraction of sp³-hybridized carbons (Fsp3) is 0.286. The van der Waals surface area contributed by atoms with Crippen LogP contribution in [0, 0.1) is 34.1 Å². The number of hydrogen-bond donors (Lipinski definition) is 3. The molecule has 314 valence electrons. The predicted octanol–water partition coefficient (Wildman–Crippen LogP) is -3.59. The summed E-state index contributed by atoms with van der Waals surface area (Å²) in [7, 11) is -2.31. The fourth-order valence-electron chi connectivity index (χ4n) is 5.77. The van der Waals surface area contributed by atoms with E-state index in [1.54, 1.807) is 45.9 Å². The summed E-state index contributed by atoms with van der Waals surface area (Å²) in [5.74, 6) is -0.637. The molecule has 21 nitrogen and oxygen atoms in total. The second-order valence-corrected chi connectivity index (χ2v) is 12.4. The molecule has 2 aliphatic heterocycles. The SMILES string of the molecule is CCOC(=O)CC1OB(O)c2cc(O)cc(C)c21.CCOC(=O)CC1OB(O)c2cc(Oc3ccnc([N+](=O)[O-])c3)cc(C)c21.O=CO[O-].O=[N+]([O-])c1cc(Cl)ccn1.[Cs+].[Cs+].[H-]. The van der Waals surface area contributed by atoms with E-state index in [1.807, 2.05) is 0 Å². The minimum atomic E-state index is -1.20. The standard InChI is InChI=1S/C17H17BN2O7.C12H15BO5.C5H3ClN2O2.CH2O3.2Cs.H/c1-3-25-16(21)9-14-17-10(2)6-12(7-13(17)18(22)27-14)26-11-4-5-19-15(8-11)20(23)24;1-3-17-11(15)6-10-12-7(2)4-8(14)5-9(12)13(16)18-10;6-4-1-2-7-5(3-4)8(9)10;2-1-4-3;;;/h4-8,14,22H,3,9H2,1-2H3;4-5,10,14,16H,3,6H2,1-2H3;1-3H;1,3H;;;/q;;;;2*+1;-1/p-1. The van der Waals surface area contributed by atoms with Gasteiger partial charge in [0.05, 0.1) is 55.4 Å². The molecule has 2 aliphatic rings. The molecule has 0 amide bonds. The summed E-state index contributed by atoms with van der Waals surface area (Å²) in [4.78, 5) is 61.2. The number of fused-ring (bicyclic) bond motifs is 2. The van der Waals surface area contributed by atoms with Gasteiger partial charge in [0.15, 0.2) is 0 Å². The van der Waals surface area contributed by atoms with Gasteiger partial charge >= 0.3 is 176 Å². The number of hydrogen-bond acceptors (Lipinski definition) is 19. The molecule has 2 aromatic heterocycles. The van der Waals surface area contributed by atoms with Crippen molar-refractivity contribution in [2.24, 2.45) is 0 Å². The van der Waals surface area contributed by atoms with Crippen LogP contribution in [0.2, 0.25) is 5.02 Å². The summed E-state index contributed by atoms with van der Waals surface area (Å²) in [6.07, 6.45) is 1.50. The number of aromatic nitrogens is 2. The van der Waals surface area contributed by atoms with Crippen LogP contribution in [-0.4, -0.2) is 80.8 Å². The van der Waals surface area contributed by atoms with Crippen molar-refractivity contribution in [3.8, 4) is 17.2 Å². The number of nitro groups is 2. The Kier molecular flexibility index (Phi) is 26.7. The number of carbonyl (C=O) groups is 3. The summed E-state index contributed by atoms with van der Waals surface area (Å²) in [6.45, 7) is 7.46. The minimum Gasteiger partial charge on any atom is -1.00 e. The van der Waals surface area contributed by atoms with E-state index in [0.29, 0.717) is 33.9 Å². The van der Waals surface area contributed by atoms with E-state index in [2.05, 4.69) is 14.9 Å². The van der Waals surface area contributed by atoms with Crippen LogP contribution >= 0.6 is 11.6 Å². The van der Waals surface area contributed by atoms with Gasteiger partial charge in [-0.15, -0.1) is 0 Å². The number of aromatic hydroxyl groups is 1. The molecule has 61 heavy (non-hydrogen) atoms. The third kappa shape index (κ3) is 17.8. The van der Waals surface area contributed by atoms with Gasteiger partial charge in [-0.05, 0) is 105 Å². The van der Waals surface area contributed by atoms with Gasteiger partial charge in [-0.1, -0.05) is 11.6 Å². The number of carbonyl (C=O) groups excluding carboxylic acids is 3. The van der Waals surface area contributed by atoms with Crippen molar-refractivity contribution in [3.63, 3.8) is 0 Å². The van der Waals surface area contributed by atoms with Crippen molar-refractivity contribution in [3.05, 3.63) is 108 Å². The molecule has 3 N–H and O–H groups in total. The Morgan fingerprint density at radius 3 is 1.72 bits per heavy atom. The van der Waals surface area contributed by atoms with Crippen LogP contribution in [0.3, 0.4) is 0 Å². The van der Waals surface area contributed by atoms with Crippen LogP contribution in [0.5, 0.6) is 17.2 Å². The maximum atomic E-state index is 11.8. The van der Waals surface area contributed by atoms with Crippen molar-refractivity contribution in [1.82, 2.24) is 9.97 Å². The Balaban J connectivity index is 0.000000918. The number of esters is 2. The number of pyridine rings is 2. The van der Waals surface area contributed by atoms with Gasteiger partial charge in [-0.2, -0.15) is 0 Å². The fourth-order valence-corrected chi connectivity index (χ4v) is 5.93. The topological polar surface area (TPSA) is 302 Å². The quantitative estimate of drug-likeness (QED) is 0.0327. The van der Waals surface area contributed by atoms with Gasteiger partial charge in [-0.3, -0.25) is 14.4 Å². The van der Waals surface area contributed by atoms with E-state index < -0.39 is 42.3 Å². The molecule has 2 aromatic carbocycles. The Morgan fingerprint density at radius 1 is 0.820 bits per heavy atom. The summed E-state index contributed by atoms with van der Waals surface area (Å²) in [5, 5.41) is 59.1. The van der Waals surface area contributed by atoms with E-state index in [0.717, 1.165) is 16.7 Å². The van der Waals surface area contributed by atoms with E-state index in [1.165, 1.54) is 42.7 Å². The minimum absolute atomic E-state index is 0. The van der Waals surface area contributed by atoms with E-state index in [4.69, 9.17) is 45.2 Å². The maximum absolute atomic E-state index is 11.8. The maximum Gasteiger partial charge on any atom is 1.00 e. The monoisotopic (exact) mass is 1110 g/mol. The molecule has 2 atom stereocenters. The van der Waals surface area contributed by atoms with Crippen molar-refractivity contribution >= 4 is 66.8 Å². The van der Waals surface area contributed by atoms with Crippen LogP contribution < -0.4 is 159 Å². The molecule has 0 saturated heterocycles. The zero-order valence-corrected chi connectivity index (χ0v) is 47.0. The first kappa shape index (κ1) is 56.9. The summed E-state index contributed by atoms with van der Waals surface area (Å²) < 4.78 is 26.3. The molecule has 2 unspecified atom stereocenters. The Labute approximate surface area is 473 Å². The molecule has 4 aromatic rings. The molecule has 0 aliphatic carbocycles. The first-order valence-electron chi connectivity index (χ1n) is 17.3. The molecule has 0 spiro atoms. The molecular formula is C35H37B2ClCs2N4O17. The van der Waals surface area contributed by atoms with Gasteiger partial charge in [0.2, 0.25) is 0 Å². The summed E-state index contributed by atoms with van der Waals surface area (Å²) in [5.41, 5.74) is 4.02. The van der Waals surface area contributed by atoms with Crippen LogP contribution in [0.15, 0.2) is 60.9 Å². The smallest absolute Gasteiger partial charge is 1.00 e. The van der Waals surface area contributed by atoms with E-state index in [-0.39, 0.29) is 194 Å². The third-order valence-corrected chi connectivity index (χ3v) is 8.18. The second kappa shape index (κ2) is 28.6. The molecule has 0 radical (unpaired) electrons. The van der Waals surface area contributed by atoms with Crippen molar-refractivity contribution < 1.29 is 212 Å². The van der Waals surface area contributed by atoms with Gasteiger partial charge in [0.25, 0.3) is 6.47 Å². The first-order valence-corrected chi connectivity index (χ1v) is 17.6. The van der Waals surface area contributed by atoms with Crippen LogP contribution in [-0.2, 0) is 38.1 Å². The summed E-state index contributed by atoms with van der Waals surface area (Å²) >= 11 is 5.44. The number of halogens is 1. The third-order valence-electron chi connectivity index (χ3n) is 7.95. The number of aryl methyl sites for hydroxylation is 2. The molecule has 0 bridgehead atoms. The average Bonchev–Trinajstić information content (AvgIpc) is 3.66. The van der Waals surface area contributed by atoms with Gasteiger partial charge in [0.1, 0.15) is 29.6 Å². The molecule has 26 heteroatoms. The van der Waals surface area contributed by atoms with Gasteiger partial charge in [-0.25, -0.2) is 0 Å². The number of rotatable bonds is 11. The number of benzene rings is 2. The predicted molar refractivity (Wildman–Crippen MR) is 205 cm³/mol. The number of phenolic OH excluding ortho intramolecular Hbond substituents is 1. The van der Waals surface area contributed by atoms with Crippen molar-refractivity contribution in [2.45, 2.75) is 52.7 Å². The van der Waals surface area contributed by atoms with Gasteiger partial charge < -0.3 is 70.5 Å². The molecule has 0 saturated carbocycles. The molecule has 0 fully saturated rings. The van der Waals surface area contributed by atoms with Gasteiger partial charge in [0, 0.05) is 12.1 Å². The van der Waals surface area contributed by atoms with Crippen LogP contribution in [0.1, 0.15) is 62.6 Å². The van der Waals surface area contributed by atoms with E-state index in [9.17, 15) is 45.0 Å². The molecule has 4 heterocycles. The molecular weight excluding hydrogens is 1070 g/mol. The Bertz CT molecular complexity index is 2150. The first-order chi connectivity index (χ1) is 28.0. The Morgan fingerprint density at radius 2 is 1.28 bits per heavy atom. The second-order valence-electron chi connectivity index (χ2n) is 12.0. The van der Waals surface area contributed by atoms with Crippen LogP contribution in [0.4, 0.5) is 11.6 Å². The van der Waals surface area contributed by atoms with E-state index >= 15 is 0 Å². The van der Waals surface area contributed by atoms with Crippen LogP contribution in [0.25, 0.3) is 0 Å². The zero-order chi connectivity index (χ0) is 43.8. The summed E-state index contributed by atoms with van der Waals surface area (Å²) in [6, 6.07) is 11.7. The Hall–Kier alpha value is -2.13. The number of ether oxygens (including phenoxy) is 3. The zero-order valence-electron chi connectivity index (χ0n) is 34.7. The average molecular weight is 1110 g/mol. The molecule has 6 rings (SSSR count). The largest absolute Gasteiger partial charge is 1.00 e. The van der Waals surface area contributed by atoms with Crippen molar-refractivity contribution in [2.75, 3.05) is 13.2 Å².